The van der Waals surface area contributed by atoms with Crippen molar-refractivity contribution >= 4 is 40.9 Å². The van der Waals surface area contributed by atoms with Gasteiger partial charge in [-0.1, -0.05) is 17.7 Å². The number of amides is 1. The van der Waals surface area contributed by atoms with E-state index in [2.05, 4.69) is 5.32 Å². The van der Waals surface area contributed by atoms with Crippen molar-refractivity contribution in [3.05, 3.63) is 104 Å². The van der Waals surface area contributed by atoms with Crippen LogP contribution in [0.2, 0.25) is 5.02 Å². The average Bonchev–Trinajstić information content (AvgIpc) is 2.87. The highest BCUT2D eigenvalue weighted by Crippen LogP contribution is 2.27. The van der Waals surface area contributed by atoms with Crippen LogP contribution in [0.3, 0.4) is 0 Å². The average molecular weight is 506 g/mol. The lowest BCUT2D eigenvalue weighted by atomic mass is 10.1. The molecule has 0 atom stereocenters. The van der Waals surface area contributed by atoms with Crippen LogP contribution < -0.4 is 10.1 Å². The summed E-state index contributed by atoms with van der Waals surface area (Å²) >= 11 is 6.30. The van der Waals surface area contributed by atoms with Gasteiger partial charge in [-0.3, -0.25) is 14.9 Å². The van der Waals surface area contributed by atoms with Crippen molar-refractivity contribution in [1.29, 1.82) is 5.26 Å². The van der Waals surface area contributed by atoms with Crippen molar-refractivity contribution < 1.29 is 24.0 Å². The van der Waals surface area contributed by atoms with Crippen molar-refractivity contribution in [2.75, 3.05) is 11.9 Å². The molecule has 0 saturated carbocycles. The summed E-state index contributed by atoms with van der Waals surface area (Å²) in [6.45, 7) is 2.11. The van der Waals surface area contributed by atoms with E-state index in [0.717, 1.165) is 5.56 Å². The maximum absolute atomic E-state index is 12.6. The van der Waals surface area contributed by atoms with Crippen molar-refractivity contribution in [3.8, 4) is 11.8 Å². The molecule has 9 nitrogen and oxygen atoms in total. The van der Waals surface area contributed by atoms with Crippen LogP contribution in [0.1, 0.15) is 28.4 Å². The van der Waals surface area contributed by atoms with E-state index in [1.54, 1.807) is 37.3 Å². The van der Waals surface area contributed by atoms with Gasteiger partial charge in [0, 0.05) is 17.8 Å². The second-order valence-corrected chi connectivity index (χ2v) is 7.73. The molecule has 182 valence electrons. The Morgan fingerprint density at radius 3 is 2.39 bits per heavy atom. The number of carbonyl (C=O) groups excluding carboxylic acids is 2. The zero-order chi connectivity index (χ0) is 26.1. The minimum atomic E-state index is -0.629. The lowest BCUT2D eigenvalue weighted by molar-refractivity contribution is -0.384. The number of rotatable bonds is 9. The SMILES string of the molecule is CCOC(=O)c1ccc(NC(=O)/C(C#N)=C/c2ccc(OCc3ccc([N+](=O)[O-])cc3)c(Cl)c2)cc1. The molecule has 0 aliphatic heterocycles. The molecule has 0 aliphatic carbocycles. The molecule has 0 bridgehead atoms. The van der Waals surface area contributed by atoms with Crippen molar-refractivity contribution in [1.82, 2.24) is 0 Å². The number of nitro groups is 1. The molecule has 36 heavy (non-hydrogen) atoms. The quantitative estimate of drug-likeness (QED) is 0.132. The van der Waals surface area contributed by atoms with Crippen molar-refractivity contribution in [2.45, 2.75) is 13.5 Å². The van der Waals surface area contributed by atoms with E-state index in [1.165, 1.54) is 42.5 Å². The molecule has 3 rings (SSSR count). The van der Waals surface area contributed by atoms with E-state index >= 15 is 0 Å². The van der Waals surface area contributed by atoms with Gasteiger partial charge in [0.15, 0.2) is 0 Å². The molecule has 3 aromatic carbocycles. The molecule has 1 N–H and O–H groups in total. The Morgan fingerprint density at radius 1 is 1.11 bits per heavy atom. The summed E-state index contributed by atoms with van der Waals surface area (Å²) in [6.07, 6.45) is 1.38. The smallest absolute Gasteiger partial charge is 0.338 e. The summed E-state index contributed by atoms with van der Waals surface area (Å²) in [4.78, 5) is 34.5. The first-order valence-corrected chi connectivity index (χ1v) is 11.0. The number of hydrogen-bond donors (Lipinski definition) is 1. The summed E-state index contributed by atoms with van der Waals surface area (Å²) in [6, 6.07) is 18.7. The summed E-state index contributed by atoms with van der Waals surface area (Å²) in [5.41, 5.74) is 1.81. The summed E-state index contributed by atoms with van der Waals surface area (Å²) in [5.74, 6) is -0.724. The lowest BCUT2D eigenvalue weighted by Crippen LogP contribution is -2.13. The highest BCUT2D eigenvalue weighted by Gasteiger charge is 2.12. The molecule has 0 aromatic heterocycles. The Bertz CT molecular complexity index is 1350. The van der Waals surface area contributed by atoms with Gasteiger partial charge in [-0.15, -0.1) is 0 Å². The van der Waals surface area contributed by atoms with Crippen molar-refractivity contribution in [2.24, 2.45) is 0 Å². The number of hydrogen-bond acceptors (Lipinski definition) is 7. The fourth-order valence-electron chi connectivity index (χ4n) is 3.02. The fraction of sp³-hybridized carbons (Fsp3) is 0.115. The Kier molecular flexibility index (Phi) is 8.75. The van der Waals surface area contributed by atoms with Crippen LogP contribution in [0.4, 0.5) is 11.4 Å². The Morgan fingerprint density at radius 2 is 1.81 bits per heavy atom. The highest BCUT2D eigenvalue weighted by atomic mass is 35.5. The second-order valence-electron chi connectivity index (χ2n) is 7.32. The number of nitro benzene ring substituents is 1. The summed E-state index contributed by atoms with van der Waals surface area (Å²) < 4.78 is 10.6. The Hall–Kier alpha value is -4.68. The zero-order valence-corrected chi connectivity index (χ0v) is 19.8. The maximum atomic E-state index is 12.6. The Labute approximate surface area is 211 Å². The molecule has 0 aliphatic rings. The van der Waals surface area contributed by atoms with Crippen molar-refractivity contribution in [3.63, 3.8) is 0 Å². The van der Waals surface area contributed by atoms with Crippen LogP contribution >= 0.6 is 11.6 Å². The van der Waals surface area contributed by atoms with Crippen LogP contribution in [-0.4, -0.2) is 23.4 Å². The molecule has 0 radical (unpaired) electrons. The predicted octanol–water partition coefficient (Wildman–Crippen LogP) is 5.55. The zero-order valence-electron chi connectivity index (χ0n) is 19.1. The van der Waals surface area contributed by atoms with Gasteiger partial charge in [-0.25, -0.2) is 4.79 Å². The molecule has 0 heterocycles. The second kappa shape index (κ2) is 12.1. The van der Waals surface area contributed by atoms with E-state index in [0.29, 0.717) is 22.6 Å². The van der Waals surface area contributed by atoms with Crippen LogP contribution in [0.5, 0.6) is 5.75 Å². The third-order valence-corrected chi connectivity index (χ3v) is 5.12. The lowest BCUT2D eigenvalue weighted by Gasteiger charge is -2.09. The first-order valence-electron chi connectivity index (χ1n) is 10.7. The van der Waals surface area contributed by atoms with Crippen LogP contribution in [0.15, 0.2) is 72.3 Å². The van der Waals surface area contributed by atoms with Crippen LogP contribution in [0, 0.1) is 21.4 Å². The van der Waals surface area contributed by atoms with Gasteiger partial charge >= 0.3 is 5.97 Å². The molecular weight excluding hydrogens is 486 g/mol. The highest BCUT2D eigenvalue weighted by molar-refractivity contribution is 6.32. The summed E-state index contributed by atoms with van der Waals surface area (Å²) in [7, 11) is 0. The minimum Gasteiger partial charge on any atom is -0.487 e. The molecule has 10 heteroatoms. The van der Waals surface area contributed by atoms with E-state index in [9.17, 15) is 25.0 Å². The molecule has 1 amide bonds. The molecule has 0 unspecified atom stereocenters. The molecule has 0 spiro atoms. The van der Waals surface area contributed by atoms with Crippen LogP contribution in [0.25, 0.3) is 6.08 Å². The van der Waals surface area contributed by atoms with Gasteiger partial charge in [0.1, 0.15) is 24.0 Å². The molecule has 3 aromatic rings. The maximum Gasteiger partial charge on any atom is 0.338 e. The third kappa shape index (κ3) is 6.91. The normalized spacial score (nSPS) is 10.8. The number of benzene rings is 3. The molecule has 0 fully saturated rings. The van der Waals surface area contributed by atoms with Gasteiger partial charge in [0.05, 0.1) is 22.1 Å². The van der Waals surface area contributed by atoms with E-state index in [4.69, 9.17) is 21.1 Å². The number of anilines is 1. The number of esters is 1. The number of nitriles is 1. The first kappa shape index (κ1) is 25.9. The number of nitrogens with zero attached hydrogens (tertiary/aromatic N) is 2. The number of non-ortho nitro benzene ring substituents is 1. The number of nitrogens with one attached hydrogen (secondary N) is 1. The topological polar surface area (TPSA) is 132 Å². The van der Waals surface area contributed by atoms with Crippen LogP contribution in [-0.2, 0) is 16.1 Å². The standard InChI is InChI=1S/C26H20ClN3O6/c1-2-35-26(32)19-6-8-21(9-7-19)29-25(31)20(15-28)13-18-5-12-24(23(27)14-18)36-16-17-3-10-22(11-4-17)30(33)34/h3-14H,2,16H2,1H3,(H,29,31)/b20-13+. The largest absolute Gasteiger partial charge is 0.487 e. The van der Waals surface area contributed by atoms with E-state index < -0.39 is 16.8 Å². The van der Waals surface area contributed by atoms with Gasteiger partial charge < -0.3 is 14.8 Å². The Balaban J connectivity index is 1.65. The number of ether oxygens (including phenoxy) is 2. The monoisotopic (exact) mass is 505 g/mol. The number of halogens is 1. The van der Waals surface area contributed by atoms with E-state index in [1.807, 2.05) is 6.07 Å². The van der Waals surface area contributed by atoms with Gasteiger partial charge in [-0.05, 0) is 72.7 Å². The third-order valence-electron chi connectivity index (χ3n) is 4.83. The predicted molar refractivity (Wildman–Crippen MR) is 133 cm³/mol. The van der Waals surface area contributed by atoms with Gasteiger partial charge in [-0.2, -0.15) is 5.26 Å². The number of carbonyl (C=O) groups is 2. The van der Waals surface area contributed by atoms with Gasteiger partial charge in [0.2, 0.25) is 0 Å². The van der Waals surface area contributed by atoms with E-state index in [-0.39, 0.29) is 29.5 Å². The first-order chi connectivity index (χ1) is 17.3. The fourth-order valence-corrected chi connectivity index (χ4v) is 3.26. The minimum absolute atomic E-state index is 0.0149. The summed E-state index contributed by atoms with van der Waals surface area (Å²) in [5, 5.41) is 23.1. The van der Waals surface area contributed by atoms with Gasteiger partial charge in [0.25, 0.3) is 11.6 Å². The molecular formula is C26H20ClN3O6. The molecule has 0 saturated heterocycles.